The molecule has 1 amide bonds. The standard InChI is InChI=1S/C20H22ClN5O2S2/c1-4-10-26-18(28)16-17(23-19(30-16)25(5-2)6-3)24-20(26)29-12-15(27)22-14-9-7-8-13(21)11-14/h4,7-9,11H,1,5-6,10,12H2,2-3H3,(H,22,27). The number of nitrogens with zero attached hydrogens (tertiary/aromatic N) is 4. The van der Waals surface area contributed by atoms with E-state index in [4.69, 9.17) is 11.6 Å². The molecule has 30 heavy (non-hydrogen) atoms. The predicted molar refractivity (Wildman–Crippen MR) is 126 cm³/mol. The van der Waals surface area contributed by atoms with Gasteiger partial charge < -0.3 is 10.2 Å². The lowest BCUT2D eigenvalue weighted by Gasteiger charge is -2.15. The molecule has 0 bridgehead atoms. The Labute approximate surface area is 187 Å². The second-order valence-electron chi connectivity index (χ2n) is 6.27. The van der Waals surface area contributed by atoms with Crippen molar-refractivity contribution in [3.8, 4) is 0 Å². The number of nitrogens with one attached hydrogen (secondary N) is 1. The number of carbonyl (C=O) groups is 1. The molecule has 7 nitrogen and oxygen atoms in total. The van der Waals surface area contributed by atoms with E-state index in [-0.39, 0.29) is 17.2 Å². The van der Waals surface area contributed by atoms with Crippen molar-refractivity contribution in [3.63, 3.8) is 0 Å². The number of hydrogen-bond acceptors (Lipinski definition) is 7. The second-order valence-corrected chi connectivity index (χ2v) is 8.62. The number of amides is 1. The van der Waals surface area contributed by atoms with Gasteiger partial charge in [-0.15, -0.1) is 6.58 Å². The van der Waals surface area contributed by atoms with Crippen molar-refractivity contribution < 1.29 is 4.79 Å². The van der Waals surface area contributed by atoms with Gasteiger partial charge in [0.1, 0.15) is 4.70 Å². The number of thiazole rings is 1. The number of thioether (sulfide) groups is 1. The first-order valence-electron chi connectivity index (χ1n) is 9.42. The Morgan fingerprint density at radius 2 is 2.13 bits per heavy atom. The molecule has 0 fully saturated rings. The van der Waals surface area contributed by atoms with Gasteiger partial charge in [0.25, 0.3) is 5.56 Å². The number of allylic oxidation sites excluding steroid dienone is 1. The van der Waals surface area contributed by atoms with Gasteiger partial charge in [-0.05, 0) is 32.0 Å². The van der Waals surface area contributed by atoms with Crippen LogP contribution in [0.2, 0.25) is 5.02 Å². The van der Waals surface area contributed by atoms with Crippen molar-refractivity contribution in [2.45, 2.75) is 25.5 Å². The highest BCUT2D eigenvalue weighted by atomic mass is 35.5. The number of aromatic nitrogens is 3. The maximum absolute atomic E-state index is 13.0. The third kappa shape index (κ3) is 5.03. The highest BCUT2D eigenvalue weighted by Gasteiger charge is 2.18. The number of halogens is 1. The molecular formula is C20H22ClN5O2S2. The zero-order valence-electron chi connectivity index (χ0n) is 16.7. The molecule has 0 atom stereocenters. The van der Waals surface area contributed by atoms with E-state index in [9.17, 15) is 9.59 Å². The Balaban J connectivity index is 1.86. The van der Waals surface area contributed by atoms with Crippen molar-refractivity contribution in [2.24, 2.45) is 0 Å². The highest BCUT2D eigenvalue weighted by Crippen LogP contribution is 2.27. The average molecular weight is 464 g/mol. The van der Waals surface area contributed by atoms with E-state index in [1.54, 1.807) is 30.3 Å². The van der Waals surface area contributed by atoms with Gasteiger partial charge in [-0.2, -0.15) is 4.98 Å². The van der Waals surface area contributed by atoms with Gasteiger partial charge in [0.2, 0.25) is 5.91 Å². The normalized spacial score (nSPS) is 10.9. The minimum absolute atomic E-state index is 0.0919. The molecule has 158 valence electrons. The summed E-state index contributed by atoms with van der Waals surface area (Å²) in [6.45, 7) is 9.70. The fourth-order valence-electron chi connectivity index (χ4n) is 2.80. The monoisotopic (exact) mass is 463 g/mol. The fraction of sp³-hybridized carbons (Fsp3) is 0.300. The second kappa shape index (κ2) is 10.1. The van der Waals surface area contributed by atoms with Crippen LogP contribution in [-0.4, -0.2) is 39.3 Å². The molecule has 0 aliphatic rings. The quantitative estimate of drug-likeness (QED) is 0.290. The molecule has 0 saturated carbocycles. The van der Waals surface area contributed by atoms with E-state index in [1.165, 1.54) is 27.7 Å². The van der Waals surface area contributed by atoms with Crippen LogP contribution in [0.4, 0.5) is 10.8 Å². The molecule has 3 rings (SSSR count). The Hall–Kier alpha value is -2.36. The third-order valence-electron chi connectivity index (χ3n) is 4.26. The SMILES string of the molecule is C=CCn1c(SCC(=O)Nc2cccc(Cl)c2)nc2nc(N(CC)CC)sc2c1=O. The number of carbonyl (C=O) groups excluding carboxylic acids is 1. The molecular weight excluding hydrogens is 442 g/mol. The molecule has 1 N–H and O–H groups in total. The summed E-state index contributed by atoms with van der Waals surface area (Å²) in [5.74, 6) is -0.127. The first-order chi connectivity index (χ1) is 14.5. The summed E-state index contributed by atoms with van der Waals surface area (Å²) in [5, 5.41) is 4.54. The van der Waals surface area contributed by atoms with E-state index >= 15 is 0 Å². The fourth-order valence-corrected chi connectivity index (χ4v) is 4.87. The topological polar surface area (TPSA) is 80.1 Å². The molecule has 3 aromatic rings. The van der Waals surface area contributed by atoms with Gasteiger partial charge >= 0.3 is 0 Å². The first-order valence-corrected chi connectivity index (χ1v) is 11.6. The Morgan fingerprint density at radius 1 is 1.37 bits per heavy atom. The van der Waals surface area contributed by atoms with Crippen molar-refractivity contribution >= 4 is 61.8 Å². The predicted octanol–water partition coefficient (Wildman–Crippen LogP) is 4.27. The van der Waals surface area contributed by atoms with Crippen molar-refractivity contribution in [3.05, 3.63) is 52.3 Å². The lowest BCUT2D eigenvalue weighted by Crippen LogP contribution is -2.23. The summed E-state index contributed by atoms with van der Waals surface area (Å²) in [4.78, 5) is 36.6. The number of benzene rings is 1. The van der Waals surface area contributed by atoms with E-state index in [0.29, 0.717) is 32.8 Å². The van der Waals surface area contributed by atoms with Gasteiger partial charge in [-0.3, -0.25) is 14.2 Å². The number of rotatable bonds is 9. The van der Waals surface area contributed by atoms with Crippen LogP contribution < -0.4 is 15.8 Å². The molecule has 0 aliphatic heterocycles. The minimum atomic E-state index is -0.219. The van der Waals surface area contributed by atoms with Crippen LogP contribution in [0.1, 0.15) is 13.8 Å². The molecule has 0 spiro atoms. The number of anilines is 2. The maximum atomic E-state index is 13.0. The summed E-state index contributed by atoms with van der Waals surface area (Å²) >= 11 is 8.48. The summed E-state index contributed by atoms with van der Waals surface area (Å²) in [6.07, 6.45) is 1.64. The van der Waals surface area contributed by atoms with Crippen LogP contribution in [-0.2, 0) is 11.3 Å². The van der Waals surface area contributed by atoms with Gasteiger partial charge in [0.05, 0.1) is 5.75 Å². The maximum Gasteiger partial charge on any atom is 0.274 e. The molecule has 1 aromatic carbocycles. The Bertz CT molecular complexity index is 1120. The van der Waals surface area contributed by atoms with Gasteiger partial charge in [-0.1, -0.05) is 46.8 Å². The Kier molecular flexibility index (Phi) is 7.52. The molecule has 0 radical (unpaired) electrons. The van der Waals surface area contributed by atoms with Crippen molar-refractivity contribution in [2.75, 3.05) is 29.1 Å². The molecule has 0 unspecified atom stereocenters. The molecule has 0 saturated heterocycles. The van der Waals surface area contributed by atoms with Gasteiger partial charge in [0.15, 0.2) is 15.9 Å². The van der Waals surface area contributed by atoms with Crippen LogP contribution in [0.3, 0.4) is 0 Å². The first kappa shape index (κ1) is 22.3. The lowest BCUT2D eigenvalue weighted by molar-refractivity contribution is -0.113. The van der Waals surface area contributed by atoms with Crippen LogP contribution in [0.5, 0.6) is 0 Å². The van der Waals surface area contributed by atoms with Gasteiger partial charge in [0, 0.05) is 30.3 Å². The smallest absolute Gasteiger partial charge is 0.274 e. The van der Waals surface area contributed by atoms with Crippen LogP contribution in [0.25, 0.3) is 10.3 Å². The van der Waals surface area contributed by atoms with E-state index in [0.717, 1.165) is 18.2 Å². The van der Waals surface area contributed by atoms with E-state index < -0.39 is 0 Å². The molecule has 10 heteroatoms. The van der Waals surface area contributed by atoms with Crippen molar-refractivity contribution in [1.29, 1.82) is 0 Å². The van der Waals surface area contributed by atoms with E-state index in [1.807, 2.05) is 13.8 Å². The van der Waals surface area contributed by atoms with Gasteiger partial charge in [-0.25, -0.2) is 4.98 Å². The van der Waals surface area contributed by atoms with Crippen molar-refractivity contribution in [1.82, 2.24) is 14.5 Å². The number of hydrogen-bond donors (Lipinski definition) is 1. The number of fused-ring (bicyclic) bond motifs is 1. The molecule has 2 heterocycles. The Morgan fingerprint density at radius 3 is 2.80 bits per heavy atom. The minimum Gasteiger partial charge on any atom is -0.349 e. The summed E-state index contributed by atoms with van der Waals surface area (Å²) < 4.78 is 2.03. The zero-order chi connectivity index (χ0) is 21.7. The average Bonchev–Trinajstić information content (AvgIpc) is 3.14. The highest BCUT2D eigenvalue weighted by molar-refractivity contribution is 7.99. The summed E-state index contributed by atoms with van der Waals surface area (Å²) in [6, 6.07) is 6.93. The molecule has 2 aromatic heterocycles. The summed E-state index contributed by atoms with van der Waals surface area (Å²) in [7, 11) is 0. The van der Waals surface area contributed by atoms with Crippen LogP contribution in [0.15, 0.2) is 46.9 Å². The molecule has 0 aliphatic carbocycles. The largest absolute Gasteiger partial charge is 0.349 e. The van der Waals surface area contributed by atoms with Crippen LogP contribution >= 0.6 is 34.7 Å². The lowest BCUT2D eigenvalue weighted by atomic mass is 10.3. The third-order valence-corrected chi connectivity index (χ3v) is 6.56. The van der Waals surface area contributed by atoms with Crippen LogP contribution in [0, 0.1) is 0 Å². The zero-order valence-corrected chi connectivity index (χ0v) is 19.1. The summed E-state index contributed by atoms with van der Waals surface area (Å²) in [5.41, 5.74) is 0.849. The van der Waals surface area contributed by atoms with E-state index in [2.05, 4.69) is 26.8 Å².